The summed E-state index contributed by atoms with van der Waals surface area (Å²) in [5.74, 6) is 1.71. The van der Waals surface area contributed by atoms with Gasteiger partial charge in [-0.15, -0.1) is 0 Å². The van der Waals surface area contributed by atoms with E-state index in [4.69, 9.17) is 0 Å². The van der Waals surface area contributed by atoms with Gasteiger partial charge in [-0.25, -0.2) is 0 Å². The van der Waals surface area contributed by atoms with E-state index in [0.717, 1.165) is 23.9 Å². The average molecular weight is 297 g/mol. The Bertz CT molecular complexity index is 260. The van der Waals surface area contributed by atoms with Crippen LogP contribution in [0.4, 0.5) is 0 Å². The van der Waals surface area contributed by atoms with Crippen molar-refractivity contribution in [2.75, 3.05) is 13.6 Å². The van der Waals surface area contributed by atoms with Crippen LogP contribution in [-0.2, 0) is 0 Å². The summed E-state index contributed by atoms with van der Waals surface area (Å²) in [7, 11) is 2.16. The van der Waals surface area contributed by atoms with Crippen LogP contribution in [0.5, 0.6) is 0 Å². The van der Waals surface area contributed by atoms with Gasteiger partial charge in [0, 0.05) is 24.7 Å². The zero-order chi connectivity index (χ0) is 15.8. The van der Waals surface area contributed by atoms with Gasteiger partial charge in [0.2, 0.25) is 0 Å². The van der Waals surface area contributed by atoms with Crippen LogP contribution in [0.15, 0.2) is 0 Å². The van der Waals surface area contributed by atoms with E-state index in [9.17, 15) is 0 Å². The monoisotopic (exact) mass is 296 g/mol. The third kappa shape index (κ3) is 5.56. The molecular formula is C19H40N2. The number of hydrogen-bond donors (Lipinski definition) is 1. The lowest BCUT2D eigenvalue weighted by atomic mass is 9.78. The van der Waals surface area contributed by atoms with Crippen LogP contribution in [0.3, 0.4) is 0 Å². The molecule has 126 valence electrons. The third-order valence-electron chi connectivity index (χ3n) is 5.41. The van der Waals surface area contributed by atoms with E-state index in [2.05, 4.69) is 51.9 Å². The fourth-order valence-corrected chi connectivity index (χ4v) is 4.34. The molecule has 0 radical (unpaired) electrons. The van der Waals surface area contributed by atoms with Crippen molar-refractivity contribution in [3.8, 4) is 0 Å². The molecule has 1 fully saturated rings. The van der Waals surface area contributed by atoms with Gasteiger partial charge in [0.05, 0.1) is 0 Å². The Morgan fingerprint density at radius 2 is 1.76 bits per heavy atom. The van der Waals surface area contributed by atoms with Gasteiger partial charge in [-0.3, -0.25) is 4.90 Å². The minimum absolute atomic E-state index is 0.692. The molecule has 3 unspecified atom stereocenters. The van der Waals surface area contributed by atoms with Crippen molar-refractivity contribution in [1.29, 1.82) is 0 Å². The fourth-order valence-electron chi connectivity index (χ4n) is 4.34. The normalized spacial score (nSPS) is 27.0. The maximum atomic E-state index is 3.63. The first-order valence-electron chi connectivity index (χ1n) is 9.50. The molecule has 3 atom stereocenters. The van der Waals surface area contributed by atoms with E-state index in [1.165, 1.54) is 51.5 Å². The van der Waals surface area contributed by atoms with Crippen molar-refractivity contribution < 1.29 is 0 Å². The molecule has 0 saturated heterocycles. The van der Waals surface area contributed by atoms with Crippen molar-refractivity contribution in [3.63, 3.8) is 0 Å². The summed E-state index contributed by atoms with van der Waals surface area (Å²) in [6.07, 6.45) is 9.53. The lowest BCUT2D eigenvalue weighted by molar-refractivity contribution is 0.0463. The molecule has 0 aliphatic heterocycles. The van der Waals surface area contributed by atoms with Crippen molar-refractivity contribution in [2.24, 2.45) is 11.8 Å². The van der Waals surface area contributed by atoms with Gasteiger partial charge in [-0.05, 0) is 51.0 Å². The molecule has 1 rings (SSSR count). The number of nitrogens with one attached hydrogen (secondary N) is 1. The molecular weight excluding hydrogens is 256 g/mol. The molecule has 1 aliphatic rings. The van der Waals surface area contributed by atoms with Crippen LogP contribution in [0.25, 0.3) is 0 Å². The van der Waals surface area contributed by atoms with Crippen LogP contribution >= 0.6 is 0 Å². The second-order valence-electron chi connectivity index (χ2n) is 7.49. The largest absolute Gasteiger partial charge is 0.315 e. The Morgan fingerprint density at radius 3 is 2.24 bits per heavy atom. The van der Waals surface area contributed by atoms with Crippen molar-refractivity contribution in [2.45, 2.75) is 97.7 Å². The Balaban J connectivity index is 2.87. The molecule has 0 spiro atoms. The summed E-state index contributed by atoms with van der Waals surface area (Å²) in [6, 6.07) is 2.19. The molecule has 0 amide bonds. The summed E-state index contributed by atoms with van der Waals surface area (Å²) in [4.78, 5) is 2.87. The highest BCUT2D eigenvalue weighted by molar-refractivity contribution is 4.93. The quantitative estimate of drug-likeness (QED) is 0.664. The highest BCUT2D eigenvalue weighted by Gasteiger charge is 2.35. The summed E-state index contributed by atoms with van der Waals surface area (Å²) in [6.45, 7) is 13.1. The first-order chi connectivity index (χ1) is 10.1. The molecule has 2 nitrogen and oxygen atoms in total. The Hall–Kier alpha value is -0.0800. The zero-order valence-electron chi connectivity index (χ0n) is 15.5. The molecule has 0 bridgehead atoms. The minimum Gasteiger partial charge on any atom is -0.315 e. The molecule has 1 aliphatic carbocycles. The van der Waals surface area contributed by atoms with E-state index in [1.807, 2.05) is 0 Å². The Labute approximate surface area is 134 Å². The van der Waals surface area contributed by atoms with Crippen LogP contribution in [-0.4, -0.2) is 36.6 Å². The third-order valence-corrected chi connectivity index (χ3v) is 5.41. The summed E-state index contributed by atoms with van der Waals surface area (Å²) < 4.78 is 0. The molecule has 0 aromatic carbocycles. The lowest BCUT2D eigenvalue weighted by Crippen LogP contribution is -2.56. The maximum Gasteiger partial charge on any atom is 0.0254 e. The predicted molar refractivity (Wildman–Crippen MR) is 94.8 cm³/mol. The fraction of sp³-hybridized carbons (Fsp3) is 1.00. The molecule has 1 N–H and O–H groups in total. The standard InChI is InChI=1S/C19H40N2/c1-7-10-16-11-12-18(20-6)19(13-16)21(14-15(4)5)17(8-2)9-3/h15-20H,7-14H2,1-6H3. The van der Waals surface area contributed by atoms with E-state index < -0.39 is 0 Å². The van der Waals surface area contributed by atoms with Gasteiger partial charge in [0.15, 0.2) is 0 Å². The van der Waals surface area contributed by atoms with E-state index >= 15 is 0 Å². The number of hydrogen-bond acceptors (Lipinski definition) is 2. The van der Waals surface area contributed by atoms with Crippen molar-refractivity contribution >= 4 is 0 Å². The summed E-state index contributed by atoms with van der Waals surface area (Å²) in [5.41, 5.74) is 0. The summed E-state index contributed by atoms with van der Waals surface area (Å²) in [5, 5.41) is 3.63. The number of nitrogens with zero attached hydrogens (tertiary/aromatic N) is 1. The zero-order valence-corrected chi connectivity index (χ0v) is 15.5. The molecule has 2 heteroatoms. The first-order valence-corrected chi connectivity index (χ1v) is 9.50. The maximum absolute atomic E-state index is 3.63. The topological polar surface area (TPSA) is 15.3 Å². The SMILES string of the molecule is CCCC1CCC(NC)C(N(CC(C)C)C(CC)CC)C1. The van der Waals surface area contributed by atoms with Crippen LogP contribution in [0.2, 0.25) is 0 Å². The lowest BCUT2D eigenvalue weighted by Gasteiger charge is -2.46. The van der Waals surface area contributed by atoms with Crippen LogP contribution in [0, 0.1) is 11.8 Å². The highest BCUT2D eigenvalue weighted by atomic mass is 15.2. The number of likely N-dealkylation sites (N-methyl/N-ethyl adjacent to an activating group) is 1. The van der Waals surface area contributed by atoms with Crippen LogP contribution < -0.4 is 5.32 Å². The van der Waals surface area contributed by atoms with Gasteiger partial charge in [0.1, 0.15) is 0 Å². The van der Waals surface area contributed by atoms with E-state index in [1.54, 1.807) is 0 Å². The first kappa shape index (κ1) is 19.0. The highest BCUT2D eigenvalue weighted by Crippen LogP contribution is 2.33. The van der Waals surface area contributed by atoms with E-state index in [-0.39, 0.29) is 0 Å². The average Bonchev–Trinajstić information content (AvgIpc) is 2.47. The van der Waals surface area contributed by atoms with Gasteiger partial charge in [-0.1, -0.05) is 47.5 Å². The van der Waals surface area contributed by atoms with Gasteiger partial charge in [-0.2, -0.15) is 0 Å². The van der Waals surface area contributed by atoms with Crippen molar-refractivity contribution in [1.82, 2.24) is 10.2 Å². The molecule has 0 heterocycles. The summed E-state index contributed by atoms with van der Waals surface area (Å²) >= 11 is 0. The minimum atomic E-state index is 0.692. The molecule has 0 aromatic rings. The smallest absolute Gasteiger partial charge is 0.0254 e. The number of rotatable bonds is 9. The second kappa shape index (κ2) is 9.84. The van der Waals surface area contributed by atoms with Crippen molar-refractivity contribution in [3.05, 3.63) is 0 Å². The second-order valence-corrected chi connectivity index (χ2v) is 7.49. The van der Waals surface area contributed by atoms with Gasteiger partial charge < -0.3 is 5.32 Å². The van der Waals surface area contributed by atoms with Gasteiger partial charge >= 0.3 is 0 Å². The van der Waals surface area contributed by atoms with Crippen LogP contribution in [0.1, 0.15) is 79.6 Å². The van der Waals surface area contributed by atoms with Gasteiger partial charge in [0.25, 0.3) is 0 Å². The van der Waals surface area contributed by atoms with E-state index in [0.29, 0.717) is 6.04 Å². The predicted octanol–water partition coefficient (Wildman–Crippen LogP) is 4.69. The molecule has 21 heavy (non-hydrogen) atoms. The Morgan fingerprint density at radius 1 is 1.10 bits per heavy atom. The Kier molecular flexibility index (Phi) is 8.89. The molecule has 0 aromatic heterocycles. The molecule has 1 saturated carbocycles.